The molecule has 1 aliphatic rings. The van der Waals surface area contributed by atoms with Crippen LogP contribution in [0.5, 0.6) is 0 Å². The minimum absolute atomic E-state index is 0.0801. The summed E-state index contributed by atoms with van der Waals surface area (Å²) in [5, 5.41) is 15.3. The summed E-state index contributed by atoms with van der Waals surface area (Å²) in [4.78, 5) is 20.8. The molecular weight excluding hydrogens is 410 g/mol. The fraction of sp³-hybridized carbons (Fsp3) is 0.278. The Hall–Kier alpha value is -3.38. The van der Waals surface area contributed by atoms with E-state index in [9.17, 15) is 18.5 Å². The zero-order valence-corrected chi connectivity index (χ0v) is 16.9. The molecule has 1 saturated heterocycles. The quantitative estimate of drug-likeness (QED) is 0.440. The normalized spacial score (nSPS) is 15.3. The van der Waals surface area contributed by atoms with Crippen LogP contribution in [0.25, 0.3) is 5.82 Å². The summed E-state index contributed by atoms with van der Waals surface area (Å²) in [5.41, 5.74) is 0.618. The lowest BCUT2D eigenvalue weighted by Crippen LogP contribution is -2.49. The summed E-state index contributed by atoms with van der Waals surface area (Å²) in [7, 11) is -3.82. The van der Waals surface area contributed by atoms with Crippen LogP contribution in [0.15, 0.2) is 53.8 Å². The minimum atomic E-state index is -3.82. The molecule has 0 atom stereocenters. The number of anilines is 1. The number of benzene rings is 1. The summed E-state index contributed by atoms with van der Waals surface area (Å²) >= 11 is 0. The van der Waals surface area contributed by atoms with E-state index >= 15 is 0 Å². The Morgan fingerprint density at radius 3 is 2.43 bits per heavy atom. The lowest BCUT2D eigenvalue weighted by Gasteiger charge is -2.34. The summed E-state index contributed by atoms with van der Waals surface area (Å²) in [5.74, 6) is 1.31. The van der Waals surface area contributed by atoms with Crippen LogP contribution >= 0.6 is 0 Å². The van der Waals surface area contributed by atoms with Gasteiger partial charge >= 0.3 is 0 Å². The van der Waals surface area contributed by atoms with E-state index in [2.05, 4.69) is 15.1 Å². The first-order valence-electron chi connectivity index (χ1n) is 9.19. The highest BCUT2D eigenvalue weighted by Gasteiger charge is 2.30. The number of aromatic nitrogens is 4. The van der Waals surface area contributed by atoms with E-state index in [0.717, 1.165) is 11.8 Å². The summed E-state index contributed by atoms with van der Waals surface area (Å²) in [6.07, 6.45) is 3.26. The van der Waals surface area contributed by atoms with Gasteiger partial charge in [0.2, 0.25) is 10.0 Å². The first kappa shape index (κ1) is 19.9. The Labute approximate surface area is 172 Å². The van der Waals surface area contributed by atoms with E-state index in [1.165, 1.54) is 28.8 Å². The molecule has 0 saturated carbocycles. The molecule has 4 rings (SSSR count). The Bertz CT molecular complexity index is 1190. The van der Waals surface area contributed by atoms with Crippen LogP contribution in [0.2, 0.25) is 0 Å². The number of nitro benzene ring substituents is 1. The SMILES string of the molecule is Cc1ccn(-c2cc(N3CCN(S(=O)(=O)c4cccc([N+](=O)[O-])c4)CC3)ncn2)n1. The van der Waals surface area contributed by atoms with Gasteiger partial charge in [-0.15, -0.1) is 0 Å². The van der Waals surface area contributed by atoms with Crippen LogP contribution in [0.3, 0.4) is 0 Å². The van der Waals surface area contributed by atoms with Crippen LogP contribution in [0.1, 0.15) is 5.69 Å². The van der Waals surface area contributed by atoms with E-state index in [1.54, 1.807) is 10.7 Å². The molecule has 3 heterocycles. The average Bonchev–Trinajstić information content (AvgIpc) is 3.20. The number of aryl methyl sites for hydroxylation is 1. The fourth-order valence-corrected chi connectivity index (χ4v) is 4.70. The van der Waals surface area contributed by atoms with Crippen LogP contribution in [-0.4, -0.2) is 63.6 Å². The lowest BCUT2D eigenvalue weighted by molar-refractivity contribution is -0.385. The third-order valence-corrected chi connectivity index (χ3v) is 6.72. The summed E-state index contributed by atoms with van der Waals surface area (Å²) in [6, 6.07) is 8.78. The standard InChI is InChI=1S/C18H19N7O4S/c1-14-5-6-24(21-14)18-12-17(19-13-20-18)22-7-9-23(10-8-22)30(28,29)16-4-2-3-15(11-16)25(26)27/h2-6,11-13H,7-10H2,1H3. The topological polar surface area (TPSA) is 127 Å². The van der Waals surface area contributed by atoms with Crippen molar-refractivity contribution < 1.29 is 13.3 Å². The van der Waals surface area contributed by atoms with Crippen LogP contribution in [0.4, 0.5) is 11.5 Å². The van der Waals surface area contributed by atoms with Gasteiger partial charge in [-0.2, -0.15) is 9.40 Å². The maximum absolute atomic E-state index is 12.9. The summed E-state index contributed by atoms with van der Waals surface area (Å²) < 4.78 is 28.8. The highest BCUT2D eigenvalue weighted by Crippen LogP contribution is 2.23. The number of non-ortho nitro benzene ring substituents is 1. The zero-order chi connectivity index (χ0) is 21.3. The molecule has 0 radical (unpaired) electrons. The van der Waals surface area contributed by atoms with Gasteiger partial charge < -0.3 is 4.90 Å². The molecule has 0 amide bonds. The molecule has 12 heteroatoms. The molecule has 156 valence electrons. The van der Waals surface area contributed by atoms with Crippen molar-refractivity contribution in [3.8, 4) is 5.82 Å². The molecular formula is C18H19N7O4S. The number of sulfonamides is 1. The second kappa shape index (κ2) is 7.80. The molecule has 0 bridgehead atoms. The van der Waals surface area contributed by atoms with Crippen molar-refractivity contribution in [3.05, 3.63) is 64.7 Å². The van der Waals surface area contributed by atoms with Crippen LogP contribution in [0, 0.1) is 17.0 Å². The third-order valence-electron chi connectivity index (χ3n) is 4.82. The van der Waals surface area contributed by atoms with Gasteiger partial charge in [0, 0.05) is 50.6 Å². The number of hydrogen-bond donors (Lipinski definition) is 0. The molecule has 3 aromatic rings. The van der Waals surface area contributed by atoms with Gasteiger partial charge in [-0.05, 0) is 19.1 Å². The van der Waals surface area contributed by atoms with Gasteiger partial charge in [0.05, 0.1) is 15.5 Å². The molecule has 1 aliphatic heterocycles. The maximum atomic E-state index is 12.9. The van der Waals surface area contributed by atoms with E-state index in [0.29, 0.717) is 24.7 Å². The van der Waals surface area contributed by atoms with E-state index in [1.807, 2.05) is 24.1 Å². The predicted molar refractivity (Wildman–Crippen MR) is 108 cm³/mol. The highest BCUT2D eigenvalue weighted by atomic mass is 32.2. The average molecular weight is 429 g/mol. The van der Waals surface area contributed by atoms with Crippen LogP contribution < -0.4 is 4.90 Å². The van der Waals surface area contributed by atoms with Crippen molar-refractivity contribution in [2.24, 2.45) is 0 Å². The predicted octanol–water partition coefficient (Wildman–Crippen LogP) is 1.39. The fourth-order valence-electron chi connectivity index (χ4n) is 3.24. The number of hydrogen-bond acceptors (Lipinski definition) is 8. The number of piperazine rings is 1. The van der Waals surface area contributed by atoms with Gasteiger partial charge in [0.15, 0.2) is 5.82 Å². The maximum Gasteiger partial charge on any atom is 0.270 e. The van der Waals surface area contributed by atoms with Gasteiger partial charge in [-0.3, -0.25) is 10.1 Å². The molecule has 1 aromatic carbocycles. The van der Waals surface area contributed by atoms with Crippen LogP contribution in [-0.2, 0) is 10.0 Å². The van der Waals surface area contributed by atoms with E-state index in [4.69, 9.17) is 0 Å². The first-order chi connectivity index (χ1) is 14.3. The number of rotatable bonds is 5. The zero-order valence-electron chi connectivity index (χ0n) is 16.1. The Balaban J connectivity index is 1.49. The molecule has 11 nitrogen and oxygen atoms in total. The van der Waals surface area contributed by atoms with Gasteiger partial charge in [0.25, 0.3) is 5.69 Å². The molecule has 1 fully saturated rings. The largest absolute Gasteiger partial charge is 0.354 e. The van der Waals surface area contributed by atoms with Crippen molar-refractivity contribution in [1.29, 1.82) is 0 Å². The molecule has 2 aromatic heterocycles. The van der Waals surface area contributed by atoms with Gasteiger partial charge in [-0.25, -0.2) is 23.1 Å². The van der Waals surface area contributed by atoms with E-state index in [-0.39, 0.29) is 23.7 Å². The molecule has 30 heavy (non-hydrogen) atoms. The van der Waals surface area contributed by atoms with Gasteiger partial charge in [0.1, 0.15) is 12.1 Å². The monoisotopic (exact) mass is 429 g/mol. The molecule has 0 unspecified atom stereocenters. The number of nitrogens with zero attached hydrogens (tertiary/aromatic N) is 7. The van der Waals surface area contributed by atoms with Crippen molar-refractivity contribution in [3.63, 3.8) is 0 Å². The number of nitro groups is 1. The lowest BCUT2D eigenvalue weighted by atomic mass is 10.3. The highest BCUT2D eigenvalue weighted by molar-refractivity contribution is 7.89. The molecule has 0 N–H and O–H groups in total. The minimum Gasteiger partial charge on any atom is -0.354 e. The first-order valence-corrected chi connectivity index (χ1v) is 10.6. The van der Waals surface area contributed by atoms with Gasteiger partial charge in [-0.1, -0.05) is 6.07 Å². The second-order valence-electron chi connectivity index (χ2n) is 6.78. The van der Waals surface area contributed by atoms with Crippen molar-refractivity contribution in [2.45, 2.75) is 11.8 Å². The smallest absolute Gasteiger partial charge is 0.270 e. The Morgan fingerprint density at radius 2 is 1.77 bits per heavy atom. The van der Waals surface area contributed by atoms with Crippen molar-refractivity contribution in [2.75, 3.05) is 31.1 Å². The Kier molecular flexibility index (Phi) is 5.18. The Morgan fingerprint density at radius 1 is 1.03 bits per heavy atom. The second-order valence-corrected chi connectivity index (χ2v) is 8.72. The van der Waals surface area contributed by atoms with Crippen molar-refractivity contribution in [1.82, 2.24) is 24.1 Å². The molecule has 0 aliphatic carbocycles. The third kappa shape index (κ3) is 3.86. The van der Waals surface area contributed by atoms with E-state index < -0.39 is 14.9 Å². The van der Waals surface area contributed by atoms with Crippen molar-refractivity contribution >= 4 is 21.5 Å². The summed E-state index contributed by atoms with van der Waals surface area (Å²) in [6.45, 7) is 3.24. The molecule has 0 spiro atoms.